The van der Waals surface area contributed by atoms with Crippen molar-refractivity contribution in [1.82, 2.24) is 5.32 Å². The van der Waals surface area contributed by atoms with Gasteiger partial charge < -0.3 is 20.1 Å². The fourth-order valence-corrected chi connectivity index (χ4v) is 2.95. The van der Waals surface area contributed by atoms with Crippen LogP contribution in [0.2, 0.25) is 0 Å². The summed E-state index contributed by atoms with van der Waals surface area (Å²) < 4.78 is 6.11. The number of β-amino-alcohol motifs (C(OH)–C–C–N with tert-alkyl or cyclic N) is 1. The maximum Gasteiger partial charge on any atom is 0.0810 e. The Morgan fingerprint density at radius 1 is 1.50 bits per heavy atom. The maximum atomic E-state index is 10.0. The summed E-state index contributed by atoms with van der Waals surface area (Å²) in [5.74, 6) is 0. The quantitative estimate of drug-likeness (QED) is 0.777. The molecule has 1 aromatic rings. The number of benzene rings is 1. The lowest BCUT2D eigenvalue weighted by Gasteiger charge is -2.21. The molecule has 1 aliphatic rings. The predicted octanol–water partition coefficient (Wildman–Crippen LogP) is 2.15. The van der Waals surface area contributed by atoms with Gasteiger partial charge in [0.2, 0.25) is 0 Å². The summed E-state index contributed by atoms with van der Waals surface area (Å²) in [6.45, 7) is 5.89. The smallest absolute Gasteiger partial charge is 0.0810 e. The Kier molecular flexibility index (Phi) is 5.43. The Morgan fingerprint density at radius 3 is 2.90 bits per heavy atom. The number of nitrogens with zero attached hydrogens (tertiary/aromatic N) is 1. The third kappa shape index (κ3) is 4.19. The zero-order chi connectivity index (χ0) is 14.6. The first-order chi connectivity index (χ1) is 9.52. The summed E-state index contributed by atoms with van der Waals surface area (Å²) in [5, 5.41) is 13.4. The number of hydrogen-bond acceptors (Lipinski definition) is 4. The molecule has 0 aliphatic carbocycles. The fraction of sp³-hybridized carbons (Fsp3) is 0.600. The van der Waals surface area contributed by atoms with Gasteiger partial charge in [-0.05, 0) is 31.0 Å². The molecule has 1 fully saturated rings. The van der Waals surface area contributed by atoms with Crippen LogP contribution in [-0.2, 0) is 11.3 Å². The van der Waals surface area contributed by atoms with Crippen LogP contribution in [0.4, 0.5) is 5.69 Å². The van der Waals surface area contributed by atoms with Crippen molar-refractivity contribution in [3.05, 3.63) is 28.2 Å². The molecule has 1 atom stereocenters. The van der Waals surface area contributed by atoms with Crippen molar-refractivity contribution in [2.45, 2.75) is 25.5 Å². The SMILES string of the molecule is COCCNCc1ccc(N2CCC(C)(O)C2)cc1Br. The first-order valence-electron chi connectivity index (χ1n) is 6.97. The third-order valence-electron chi connectivity index (χ3n) is 3.65. The first kappa shape index (κ1) is 15.8. The number of ether oxygens (including phenoxy) is 1. The van der Waals surface area contributed by atoms with Gasteiger partial charge in [-0.1, -0.05) is 22.0 Å². The Hall–Kier alpha value is -0.620. The summed E-state index contributed by atoms with van der Waals surface area (Å²) in [4.78, 5) is 2.23. The van der Waals surface area contributed by atoms with Gasteiger partial charge >= 0.3 is 0 Å². The van der Waals surface area contributed by atoms with E-state index in [1.807, 2.05) is 6.92 Å². The number of aliphatic hydroxyl groups is 1. The lowest BCUT2D eigenvalue weighted by molar-refractivity contribution is 0.0839. The number of halogens is 1. The van der Waals surface area contributed by atoms with Crippen molar-refractivity contribution in [3.63, 3.8) is 0 Å². The van der Waals surface area contributed by atoms with Crippen molar-refractivity contribution in [2.24, 2.45) is 0 Å². The van der Waals surface area contributed by atoms with Gasteiger partial charge in [0, 0.05) is 43.4 Å². The predicted molar refractivity (Wildman–Crippen MR) is 85.2 cm³/mol. The van der Waals surface area contributed by atoms with Gasteiger partial charge in [0.05, 0.1) is 12.2 Å². The van der Waals surface area contributed by atoms with Gasteiger partial charge in [0.1, 0.15) is 0 Å². The summed E-state index contributed by atoms with van der Waals surface area (Å²) in [6.07, 6.45) is 0.824. The van der Waals surface area contributed by atoms with Gasteiger partial charge in [-0.2, -0.15) is 0 Å². The van der Waals surface area contributed by atoms with Crippen molar-refractivity contribution in [1.29, 1.82) is 0 Å². The highest BCUT2D eigenvalue weighted by atomic mass is 79.9. The van der Waals surface area contributed by atoms with E-state index in [1.165, 1.54) is 5.56 Å². The van der Waals surface area contributed by atoms with Crippen LogP contribution in [-0.4, -0.2) is 44.1 Å². The number of methoxy groups -OCH3 is 1. The molecule has 2 rings (SSSR count). The van der Waals surface area contributed by atoms with E-state index >= 15 is 0 Å². The van der Waals surface area contributed by atoms with Crippen LogP contribution in [0.15, 0.2) is 22.7 Å². The topological polar surface area (TPSA) is 44.7 Å². The molecule has 1 saturated heterocycles. The molecule has 1 unspecified atom stereocenters. The monoisotopic (exact) mass is 342 g/mol. The lowest BCUT2D eigenvalue weighted by atomic mass is 10.1. The van der Waals surface area contributed by atoms with Crippen molar-refractivity contribution in [3.8, 4) is 0 Å². The van der Waals surface area contributed by atoms with Crippen molar-refractivity contribution >= 4 is 21.6 Å². The number of nitrogens with one attached hydrogen (secondary N) is 1. The molecular formula is C15H23BrN2O2. The van der Waals surface area contributed by atoms with E-state index < -0.39 is 5.60 Å². The summed E-state index contributed by atoms with van der Waals surface area (Å²) >= 11 is 3.63. The van der Waals surface area contributed by atoms with E-state index in [1.54, 1.807) is 7.11 Å². The second kappa shape index (κ2) is 6.89. The highest BCUT2D eigenvalue weighted by Gasteiger charge is 2.31. The van der Waals surface area contributed by atoms with E-state index in [4.69, 9.17) is 4.74 Å². The molecule has 0 amide bonds. The van der Waals surface area contributed by atoms with E-state index in [9.17, 15) is 5.11 Å². The standard InChI is InChI=1S/C15H23BrN2O2/c1-15(19)5-7-18(11-15)13-4-3-12(14(16)9-13)10-17-6-8-20-2/h3-4,9,17,19H,5-8,10-11H2,1-2H3. The number of rotatable bonds is 6. The van der Waals surface area contributed by atoms with Gasteiger partial charge in [-0.15, -0.1) is 0 Å². The summed E-state index contributed by atoms with van der Waals surface area (Å²) in [5.41, 5.74) is 1.83. The number of hydrogen-bond donors (Lipinski definition) is 2. The molecule has 0 aromatic heterocycles. The first-order valence-corrected chi connectivity index (χ1v) is 7.76. The van der Waals surface area contributed by atoms with Gasteiger partial charge in [0.15, 0.2) is 0 Å². The van der Waals surface area contributed by atoms with Gasteiger partial charge in [-0.25, -0.2) is 0 Å². The van der Waals surface area contributed by atoms with E-state index in [2.05, 4.69) is 44.3 Å². The molecule has 5 heteroatoms. The number of anilines is 1. The molecule has 0 radical (unpaired) electrons. The second-order valence-corrected chi connectivity index (χ2v) is 6.47. The molecule has 2 N–H and O–H groups in total. The Labute approximate surface area is 129 Å². The fourth-order valence-electron chi connectivity index (χ4n) is 2.44. The molecule has 0 saturated carbocycles. The lowest BCUT2D eigenvalue weighted by Crippen LogP contribution is -2.29. The largest absolute Gasteiger partial charge is 0.388 e. The van der Waals surface area contributed by atoms with Crippen molar-refractivity contribution < 1.29 is 9.84 Å². The Balaban J connectivity index is 1.95. The molecule has 1 heterocycles. The van der Waals surface area contributed by atoms with Crippen LogP contribution >= 0.6 is 15.9 Å². The second-order valence-electron chi connectivity index (χ2n) is 5.61. The minimum Gasteiger partial charge on any atom is -0.388 e. The molecule has 0 bridgehead atoms. The van der Waals surface area contributed by atoms with Gasteiger partial charge in [0.25, 0.3) is 0 Å². The normalized spacial score (nSPS) is 22.5. The molecule has 1 aromatic carbocycles. The average molecular weight is 343 g/mol. The molecule has 4 nitrogen and oxygen atoms in total. The molecule has 0 spiro atoms. The van der Waals surface area contributed by atoms with Crippen LogP contribution in [0.1, 0.15) is 18.9 Å². The van der Waals surface area contributed by atoms with Gasteiger partial charge in [-0.3, -0.25) is 0 Å². The Bertz CT molecular complexity index is 451. The van der Waals surface area contributed by atoms with Crippen molar-refractivity contribution in [2.75, 3.05) is 38.3 Å². The van der Waals surface area contributed by atoms with Crippen LogP contribution in [0.3, 0.4) is 0 Å². The molecule has 1 aliphatic heterocycles. The van der Waals surface area contributed by atoms with E-state index in [-0.39, 0.29) is 0 Å². The Morgan fingerprint density at radius 2 is 2.30 bits per heavy atom. The van der Waals surface area contributed by atoms with Crippen LogP contribution in [0, 0.1) is 0 Å². The molecule has 112 valence electrons. The van der Waals surface area contributed by atoms with Crippen LogP contribution < -0.4 is 10.2 Å². The third-order valence-corrected chi connectivity index (χ3v) is 4.39. The zero-order valence-electron chi connectivity index (χ0n) is 12.2. The highest BCUT2D eigenvalue weighted by Crippen LogP contribution is 2.29. The summed E-state index contributed by atoms with van der Waals surface area (Å²) in [6, 6.07) is 6.39. The zero-order valence-corrected chi connectivity index (χ0v) is 13.7. The average Bonchev–Trinajstić information content (AvgIpc) is 2.76. The van der Waals surface area contributed by atoms with E-state index in [0.29, 0.717) is 6.54 Å². The van der Waals surface area contributed by atoms with Crippen LogP contribution in [0.5, 0.6) is 0 Å². The maximum absolute atomic E-state index is 10.0. The van der Waals surface area contributed by atoms with Crippen LogP contribution in [0.25, 0.3) is 0 Å². The highest BCUT2D eigenvalue weighted by molar-refractivity contribution is 9.10. The molecular weight excluding hydrogens is 320 g/mol. The minimum atomic E-state index is -0.563. The van der Waals surface area contributed by atoms with E-state index in [0.717, 1.165) is 42.8 Å². The molecule has 20 heavy (non-hydrogen) atoms. The summed E-state index contributed by atoms with van der Waals surface area (Å²) in [7, 11) is 1.71. The minimum absolute atomic E-state index is 0.563.